The number of nitrogens with one attached hydrogen (secondary N) is 1. The summed E-state index contributed by atoms with van der Waals surface area (Å²) >= 11 is 0. The highest BCUT2D eigenvalue weighted by Gasteiger charge is 2.28. The van der Waals surface area contributed by atoms with Gasteiger partial charge in [-0.1, -0.05) is 12.1 Å². The van der Waals surface area contributed by atoms with Gasteiger partial charge in [0, 0.05) is 37.0 Å². The Bertz CT molecular complexity index is 949. The molecule has 1 amide bonds. The van der Waals surface area contributed by atoms with Crippen molar-refractivity contribution in [3.05, 3.63) is 60.2 Å². The second-order valence-electron chi connectivity index (χ2n) is 7.24. The largest absolute Gasteiger partial charge is 0.497 e. The van der Waals surface area contributed by atoms with Crippen molar-refractivity contribution in [1.29, 1.82) is 0 Å². The molecule has 0 bridgehead atoms. The number of hydrogen-bond donors (Lipinski definition) is 1. The quantitative estimate of drug-likeness (QED) is 0.606. The van der Waals surface area contributed by atoms with Crippen molar-refractivity contribution < 1.29 is 9.53 Å². The van der Waals surface area contributed by atoms with E-state index < -0.39 is 0 Å². The highest BCUT2D eigenvalue weighted by molar-refractivity contribution is 5.76. The van der Waals surface area contributed by atoms with Crippen LogP contribution in [-0.4, -0.2) is 39.3 Å². The van der Waals surface area contributed by atoms with E-state index in [-0.39, 0.29) is 5.91 Å². The first-order valence-corrected chi connectivity index (χ1v) is 9.96. The second-order valence-corrected chi connectivity index (χ2v) is 7.24. The Balaban J connectivity index is 1.29. The molecule has 1 saturated carbocycles. The van der Waals surface area contributed by atoms with Gasteiger partial charge in [-0.05, 0) is 43.0 Å². The minimum atomic E-state index is 0.0510. The third-order valence-electron chi connectivity index (χ3n) is 5.08. The van der Waals surface area contributed by atoms with Crippen molar-refractivity contribution in [3.63, 3.8) is 0 Å². The molecule has 7 heteroatoms. The van der Waals surface area contributed by atoms with Crippen LogP contribution in [0.2, 0.25) is 0 Å². The van der Waals surface area contributed by atoms with E-state index in [1.165, 1.54) is 18.5 Å². The molecule has 150 valence electrons. The monoisotopic (exact) mass is 391 g/mol. The number of ether oxygens (including phenoxy) is 1. The molecule has 0 aliphatic heterocycles. The van der Waals surface area contributed by atoms with Crippen LogP contribution in [0.25, 0.3) is 11.4 Å². The van der Waals surface area contributed by atoms with Crippen molar-refractivity contribution in [2.45, 2.75) is 38.1 Å². The average Bonchev–Trinajstić information content (AvgIpc) is 3.53. The number of nitrogens with zero attached hydrogens (tertiary/aromatic N) is 4. The Morgan fingerprint density at radius 3 is 2.72 bits per heavy atom. The van der Waals surface area contributed by atoms with Gasteiger partial charge >= 0.3 is 0 Å². The van der Waals surface area contributed by atoms with Crippen LogP contribution >= 0.6 is 0 Å². The topological polar surface area (TPSA) is 81.9 Å². The summed E-state index contributed by atoms with van der Waals surface area (Å²) in [6, 6.07) is 9.92. The minimum Gasteiger partial charge on any atom is -0.497 e. The number of benzene rings is 1. The van der Waals surface area contributed by atoms with Crippen molar-refractivity contribution in [2.24, 2.45) is 0 Å². The number of aromatic nitrogens is 4. The molecular formula is C22H25N5O2. The fourth-order valence-electron chi connectivity index (χ4n) is 3.31. The summed E-state index contributed by atoms with van der Waals surface area (Å²) in [6.07, 6.45) is 8.62. The Labute approximate surface area is 170 Å². The molecule has 3 aromatic rings. The fraction of sp³-hybridized carbons (Fsp3) is 0.364. The highest BCUT2D eigenvalue weighted by atomic mass is 16.5. The van der Waals surface area contributed by atoms with E-state index in [1.807, 2.05) is 28.9 Å². The molecule has 1 aromatic carbocycles. The van der Waals surface area contributed by atoms with Crippen LogP contribution in [0.1, 0.15) is 36.4 Å². The number of aryl methyl sites for hydroxylation is 1. The fourth-order valence-corrected chi connectivity index (χ4v) is 3.31. The molecule has 0 atom stereocenters. The Hall–Kier alpha value is -3.22. The molecule has 1 N–H and O–H groups in total. The summed E-state index contributed by atoms with van der Waals surface area (Å²) in [5.74, 6) is 1.44. The van der Waals surface area contributed by atoms with Crippen LogP contribution < -0.4 is 10.1 Å². The Morgan fingerprint density at radius 1 is 1.21 bits per heavy atom. The van der Waals surface area contributed by atoms with Crippen LogP contribution in [0.15, 0.2) is 48.9 Å². The zero-order valence-electron chi connectivity index (χ0n) is 16.5. The minimum absolute atomic E-state index is 0.0510. The third kappa shape index (κ3) is 4.99. The summed E-state index contributed by atoms with van der Waals surface area (Å²) in [4.78, 5) is 20.7. The van der Waals surface area contributed by atoms with Crippen molar-refractivity contribution in [3.8, 4) is 17.1 Å². The first-order chi connectivity index (χ1) is 14.2. The van der Waals surface area contributed by atoms with E-state index in [0.29, 0.717) is 31.8 Å². The summed E-state index contributed by atoms with van der Waals surface area (Å²) in [7, 11) is 1.65. The maximum absolute atomic E-state index is 12.2. The van der Waals surface area contributed by atoms with Gasteiger partial charge < -0.3 is 10.1 Å². The Kier molecular flexibility index (Phi) is 5.84. The lowest BCUT2D eigenvalue weighted by molar-refractivity contribution is -0.121. The van der Waals surface area contributed by atoms with Gasteiger partial charge in [0.1, 0.15) is 17.1 Å². The van der Waals surface area contributed by atoms with Gasteiger partial charge in [0.05, 0.1) is 19.9 Å². The number of amides is 1. The number of methoxy groups -OCH3 is 1. The molecule has 1 aliphatic carbocycles. The van der Waals surface area contributed by atoms with Gasteiger partial charge in [0.15, 0.2) is 0 Å². The standard InChI is InChI=1S/C22H25N5O2/c1-29-18-7-2-16(3-8-18)4-9-22(28)25-12-13-27-21(17-5-6-17)14-19(26-27)20-15-23-10-11-24-20/h2-3,7-8,10-11,14-15,17H,4-6,9,12-13H2,1H3,(H,25,28). The molecule has 0 saturated heterocycles. The van der Waals surface area contributed by atoms with Gasteiger partial charge in [0.25, 0.3) is 0 Å². The average molecular weight is 391 g/mol. The molecule has 2 heterocycles. The maximum Gasteiger partial charge on any atom is 0.220 e. The zero-order valence-corrected chi connectivity index (χ0v) is 16.5. The number of rotatable bonds is 9. The molecule has 0 spiro atoms. The first-order valence-electron chi connectivity index (χ1n) is 9.96. The lowest BCUT2D eigenvalue weighted by Crippen LogP contribution is -2.28. The summed E-state index contributed by atoms with van der Waals surface area (Å²) < 4.78 is 7.16. The molecule has 1 aliphatic rings. The molecule has 0 radical (unpaired) electrons. The lowest BCUT2D eigenvalue weighted by Gasteiger charge is -2.08. The van der Waals surface area contributed by atoms with Crippen molar-refractivity contribution in [1.82, 2.24) is 25.1 Å². The third-order valence-corrected chi connectivity index (χ3v) is 5.08. The predicted octanol–water partition coefficient (Wildman–Crippen LogP) is 2.98. The van der Waals surface area contributed by atoms with E-state index in [9.17, 15) is 4.79 Å². The van der Waals surface area contributed by atoms with Crippen LogP contribution in [0.4, 0.5) is 0 Å². The van der Waals surface area contributed by atoms with E-state index in [4.69, 9.17) is 9.84 Å². The lowest BCUT2D eigenvalue weighted by atomic mass is 10.1. The zero-order chi connectivity index (χ0) is 20.1. The van der Waals surface area contributed by atoms with Gasteiger partial charge in [-0.3, -0.25) is 19.4 Å². The van der Waals surface area contributed by atoms with Gasteiger partial charge in [-0.25, -0.2) is 0 Å². The van der Waals surface area contributed by atoms with E-state index in [2.05, 4.69) is 21.4 Å². The van der Waals surface area contributed by atoms with Gasteiger partial charge in [-0.2, -0.15) is 5.10 Å². The van der Waals surface area contributed by atoms with Crippen LogP contribution in [0.3, 0.4) is 0 Å². The molecule has 4 rings (SSSR count). The highest BCUT2D eigenvalue weighted by Crippen LogP contribution is 2.41. The number of carbonyl (C=O) groups is 1. The van der Waals surface area contributed by atoms with Crippen LogP contribution in [0, 0.1) is 0 Å². The van der Waals surface area contributed by atoms with Crippen LogP contribution in [0.5, 0.6) is 5.75 Å². The molecule has 0 unspecified atom stereocenters. The Morgan fingerprint density at radius 2 is 2.03 bits per heavy atom. The van der Waals surface area contributed by atoms with E-state index >= 15 is 0 Å². The molecular weight excluding hydrogens is 366 g/mol. The normalized spacial score (nSPS) is 13.3. The SMILES string of the molecule is COc1ccc(CCC(=O)NCCn2nc(-c3cnccn3)cc2C2CC2)cc1. The molecule has 29 heavy (non-hydrogen) atoms. The van der Waals surface area contributed by atoms with E-state index in [1.54, 1.807) is 25.7 Å². The summed E-state index contributed by atoms with van der Waals surface area (Å²) in [6.45, 7) is 1.21. The second kappa shape index (κ2) is 8.86. The number of hydrogen-bond acceptors (Lipinski definition) is 5. The maximum atomic E-state index is 12.2. The van der Waals surface area contributed by atoms with Crippen molar-refractivity contribution >= 4 is 5.91 Å². The first kappa shape index (κ1) is 19.1. The van der Waals surface area contributed by atoms with Crippen LogP contribution in [-0.2, 0) is 17.8 Å². The smallest absolute Gasteiger partial charge is 0.220 e. The van der Waals surface area contributed by atoms with Gasteiger partial charge in [0.2, 0.25) is 5.91 Å². The van der Waals surface area contributed by atoms with Crippen molar-refractivity contribution in [2.75, 3.05) is 13.7 Å². The van der Waals surface area contributed by atoms with Gasteiger partial charge in [-0.15, -0.1) is 0 Å². The summed E-state index contributed by atoms with van der Waals surface area (Å²) in [5, 5.41) is 7.71. The summed E-state index contributed by atoms with van der Waals surface area (Å²) in [5.41, 5.74) is 3.96. The molecule has 2 aromatic heterocycles. The molecule has 1 fully saturated rings. The predicted molar refractivity (Wildman–Crippen MR) is 110 cm³/mol. The van der Waals surface area contributed by atoms with E-state index in [0.717, 1.165) is 22.7 Å². The number of carbonyl (C=O) groups excluding carboxylic acids is 1. The molecule has 7 nitrogen and oxygen atoms in total.